The Labute approximate surface area is 93.4 Å². The summed E-state index contributed by atoms with van der Waals surface area (Å²) in [6, 6.07) is 5.69. The summed E-state index contributed by atoms with van der Waals surface area (Å²) >= 11 is 0. The van der Waals surface area contributed by atoms with Gasteiger partial charge in [0, 0.05) is 11.3 Å². The lowest BCUT2D eigenvalue weighted by Gasteiger charge is -2.22. The van der Waals surface area contributed by atoms with Gasteiger partial charge in [0.15, 0.2) is 11.4 Å². The van der Waals surface area contributed by atoms with Gasteiger partial charge in [-0.1, -0.05) is 17.6 Å². The van der Waals surface area contributed by atoms with Crippen molar-refractivity contribution in [3.63, 3.8) is 0 Å². The van der Waals surface area contributed by atoms with Gasteiger partial charge in [0.25, 0.3) is 0 Å². The molecule has 0 atom stereocenters. The van der Waals surface area contributed by atoms with Gasteiger partial charge in [-0.05, 0) is 31.9 Å². The lowest BCUT2D eigenvalue weighted by molar-refractivity contribution is 0.101. The first-order valence-electron chi connectivity index (χ1n) is 5.66. The second kappa shape index (κ2) is 3.44. The molecule has 1 aliphatic rings. The van der Waals surface area contributed by atoms with Gasteiger partial charge in [0.2, 0.25) is 0 Å². The van der Waals surface area contributed by atoms with Gasteiger partial charge in [-0.15, -0.1) is 0 Å². The Hall–Kier alpha value is -1.64. The molecule has 1 heterocycles. The molecule has 3 heteroatoms. The number of carbonyl (C=O) groups is 1. The van der Waals surface area contributed by atoms with Crippen molar-refractivity contribution in [1.29, 1.82) is 0 Å². The van der Waals surface area contributed by atoms with E-state index in [1.165, 1.54) is 19.3 Å². The fourth-order valence-electron chi connectivity index (χ4n) is 2.23. The van der Waals surface area contributed by atoms with Crippen LogP contribution in [0.15, 0.2) is 22.7 Å². The molecule has 3 rings (SSSR count). The van der Waals surface area contributed by atoms with Crippen molar-refractivity contribution in [2.24, 2.45) is 0 Å². The number of hydrogen-bond acceptors (Lipinski definition) is 3. The van der Waals surface area contributed by atoms with E-state index in [1.54, 1.807) is 13.0 Å². The molecule has 0 unspecified atom stereocenters. The molecule has 0 spiro atoms. The second-order valence-corrected chi connectivity index (χ2v) is 4.43. The summed E-state index contributed by atoms with van der Waals surface area (Å²) in [4.78, 5) is 11.4. The van der Waals surface area contributed by atoms with Crippen LogP contribution in [0.1, 0.15) is 48.2 Å². The van der Waals surface area contributed by atoms with Crippen LogP contribution in [-0.4, -0.2) is 10.9 Å². The highest BCUT2D eigenvalue weighted by molar-refractivity contribution is 6.05. The average molecular weight is 215 g/mol. The lowest BCUT2D eigenvalue weighted by atomic mass is 9.82. The molecule has 0 N–H and O–H groups in total. The Balaban J connectivity index is 2.19. The molecule has 82 valence electrons. The van der Waals surface area contributed by atoms with Crippen molar-refractivity contribution in [3.05, 3.63) is 29.5 Å². The highest BCUT2D eigenvalue weighted by Gasteiger charge is 2.26. The first-order valence-corrected chi connectivity index (χ1v) is 5.66. The molecule has 0 aliphatic heterocycles. The summed E-state index contributed by atoms with van der Waals surface area (Å²) in [5.74, 6) is 0.561. The van der Waals surface area contributed by atoms with Crippen LogP contribution < -0.4 is 0 Å². The van der Waals surface area contributed by atoms with E-state index in [0.29, 0.717) is 17.1 Å². The summed E-state index contributed by atoms with van der Waals surface area (Å²) in [6.07, 6.45) is 3.64. The highest BCUT2D eigenvalue weighted by atomic mass is 16.5. The number of Topliss-reactive ketones (excluding diaryl/α,β-unsaturated/α-hetero) is 1. The molecule has 0 saturated heterocycles. The Morgan fingerprint density at radius 2 is 2.25 bits per heavy atom. The molecule has 0 radical (unpaired) electrons. The molecule has 1 aromatic heterocycles. The maximum absolute atomic E-state index is 11.4. The Kier molecular flexibility index (Phi) is 2.06. The van der Waals surface area contributed by atoms with Gasteiger partial charge < -0.3 is 4.52 Å². The van der Waals surface area contributed by atoms with Crippen LogP contribution in [0, 0.1) is 0 Å². The third kappa shape index (κ3) is 1.28. The number of benzene rings is 1. The van der Waals surface area contributed by atoms with Gasteiger partial charge in [-0.2, -0.15) is 0 Å². The molecule has 3 nitrogen and oxygen atoms in total. The molecule has 16 heavy (non-hydrogen) atoms. The number of para-hydroxylation sites is 1. The van der Waals surface area contributed by atoms with Gasteiger partial charge in [-0.3, -0.25) is 4.79 Å². The number of hydrogen-bond donors (Lipinski definition) is 0. The minimum Gasteiger partial charge on any atom is -0.355 e. The summed E-state index contributed by atoms with van der Waals surface area (Å²) in [5.41, 5.74) is 2.32. The van der Waals surface area contributed by atoms with E-state index in [4.69, 9.17) is 4.52 Å². The predicted molar refractivity (Wildman–Crippen MR) is 60.6 cm³/mol. The minimum atomic E-state index is 0.0295. The third-order valence-corrected chi connectivity index (χ3v) is 3.40. The van der Waals surface area contributed by atoms with E-state index >= 15 is 0 Å². The standard InChI is InChI=1S/C13H13NO2/c1-8(15)10-6-3-7-11-12(9-4-2-5-9)14-16-13(10)11/h3,6-7,9H,2,4-5H2,1H3. The molecule has 0 bridgehead atoms. The molecular formula is C13H13NO2. The predicted octanol–water partition coefficient (Wildman–Crippen LogP) is 3.30. The molecule has 2 aromatic rings. The van der Waals surface area contributed by atoms with Gasteiger partial charge in [0.05, 0.1) is 11.3 Å². The van der Waals surface area contributed by atoms with Crippen molar-refractivity contribution < 1.29 is 9.32 Å². The molecule has 1 aliphatic carbocycles. The van der Waals surface area contributed by atoms with Crippen molar-refractivity contribution in [3.8, 4) is 0 Å². The molecular weight excluding hydrogens is 202 g/mol. The summed E-state index contributed by atoms with van der Waals surface area (Å²) in [5, 5.41) is 5.14. The quantitative estimate of drug-likeness (QED) is 0.722. The van der Waals surface area contributed by atoms with Gasteiger partial charge in [-0.25, -0.2) is 0 Å². The number of fused-ring (bicyclic) bond motifs is 1. The van der Waals surface area contributed by atoms with E-state index in [1.807, 2.05) is 12.1 Å². The first-order chi connectivity index (χ1) is 7.77. The van der Waals surface area contributed by atoms with E-state index in [-0.39, 0.29) is 5.78 Å². The zero-order chi connectivity index (χ0) is 11.1. The van der Waals surface area contributed by atoms with Crippen molar-refractivity contribution in [2.45, 2.75) is 32.1 Å². The third-order valence-electron chi connectivity index (χ3n) is 3.40. The van der Waals surface area contributed by atoms with Crippen LogP contribution in [0.2, 0.25) is 0 Å². The number of nitrogens with zero attached hydrogens (tertiary/aromatic N) is 1. The Bertz CT molecular complexity index is 552. The Morgan fingerprint density at radius 1 is 1.44 bits per heavy atom. The molecule has 1 fully saturated rings. The van der Waals surface area contributed by atoms with E-state index in [0.717, 1.165) is 11.1 Å². The SMILES string of the molecule is CC(=O)c1cccc2c(C3CCC3)noc12. The fourth-order valence-corrected chi connectivity index (χ4v) is 2.23. The van der Waals surface area contributed by atoms with E-state index < -0.39 is 0 Å². The van der Waals surface area contributed by atoms with Crippen LogP contribution >= 0.6 is 0 Å². The lowest BCUT2D eigenvalue weighted by Crippen LogP contribution is -2.09. The van der Waals surface area contributed by atoms with Crippen molar-refractivity contribution in [1.82, 2.24) is 5.16 Å². The summed E-state index contributed by atoms with van der Waals surface area (Å²) < 4.78 is 5.33. The van der Waals surface area contributed by atoms with Gasteiger partial charge in [0.1, 0.15) is 0 Å². The number of rotatable bonds is 2. The Morgan fingerprint density at radius 3 is 2.88 bits per heavy atom. The van der Waals surface area contributed by atoms with Crippen LogP contribution in [0.25, 0.3) is 11.0 Å². The highest BCUT2D eigenvalue weighted by Crippen LogP contribution is 2.39. The van der Waals surface area contributed by atoms with Gasteiger partial charge >= 0.3 is 0 Å². The van der Waals surface area contributed by atoms with Crippen LogP contribution in [0.3, 0.4) is 0 Å². The maximum Gasteiger partial charge on any atom is 0.177 e. The zero-order valence-corrected chi connectivity index (χ0v) is 9.19. The van der Waals surface area contributed by atoms with E-state index in [9.17, 15) is 4.79 Å². The largest absolute Gasteiger partial charge is 0.355 e. The van der Waals surface area contributed by atoms with E-state index in [2.05, 4.69) is 5.16 Å². The maximum atomic E-state index is 11.4. The first kappa shape index (κ1) is 9.58. The molecule has 1 aromatic carbocycles. The van der Waals surface area contributed by atoms with Crippen molar-refractivity contribution >= 4 is 16.8 Å². The monoisotopic (exact) mass is 215 g/mol. The topological polar surface area (TPSA) is 43.1 Å². The second-order valence-electron chi connectivity index (χ2n) is 4.43. The normalized spacial score (nSPS) is 16.3. The van der Waals surface area contributed by atoms with Crippen LogP contribution in [0.4, 0.5) is 0 Å². The molecule has 1 saturated carbocycles. The number of carbonyl (C=O) groups excluding carboxylic acids is 1. The van der Waals surface area contributed by atoms with Crippen LogP contribution in [-0.2, 0) is 0 Å². The summed E-state index contributed by atoms with van der Waals surface area (Å²) in [6.45, 7) is 1.56. The number of ketones is 1. The molecule has 0 amide bonds. The average Bonchev–Trinajstić information content (AvgIpc) is 2.59. The zero-order valence-electron chi connectivity index (χ0n) is 9.19. The summed E-state index contributed by atoms with van der Waals surface area (Å²) in [7, 11) is 0. The van der Waals surface area contributed by atoms with Crippen LogP contribution in [0.5, 0.6) is 0 Å². The van der Waals surface area contributed by atoms with Crippen molar-refractivity contribution in [2.75, 3.05) is 0 Å². The minimum absolute atomic E-state index is 0.0295. The fraction of sp³-hybridized carbons (Fsp3) is 0.385. The smallest absolute Gasteiger partial charge is 0.177 e. The number of aromatic nitrogens is 1.